The third kappa shape index (κ3) is 3.04. The van der Waals surface area contributed by atoms with Crippen LogP contribution in [0, 0.1) is 5.92 Å². The van der Waals surface area contributed by atoms with Gasteiger partial charge in [0.15, 0.2) is 0 Å². The molecule has 0 bridgehead atoms. The summed E-state index contributed by atoms with van der Waals surface area (Å²) in [5, 5.41) is 0. The number of hydrogen-bond acceptors (Lipinski definition) is 5. The minimum absolute atomic E-state index is 0.0480. The molecule has 0 radical (unpaired) electrons. The number of carbonyl (C=O) groups excluding carboxylic acids is 2. The van der Waals surface area contributed by atoms with E-state index in [1.807, 2.05) is 13.8 Å². The van der Waals surface area contributed by atoms with Gasteiger partial charge in [0.1, 0.15) is 12.2 Å². The van der Waals surface area contributed by atoms with Gasteiger partial charge in [0.25, 0.3) is 0 Å². The number of carbonyl (C=O) groups is 2. The van der Waals surface area contributed by atoms with Crippen LogP contribution in [0.2, 0.25) is 0 Å². The van der Waals surface area contributed by atoms with Crippen LogP contribution in [-0.2, 0) is 23.8 Å². The van der Waals surface area contributed by atoms with Crippen molar-refractivity contribution in [1.29, 1.82) is 0 Å². The largest absolute Gasteiger partial charge is 0.456 e. The van der Waals surface area contributed by atoms with Gasteiger partial charge in [-0.2, -0.15) is 0 Å². The topological polar surface area (TPSA) is 61.8 Å². The summed E-state index contributed by atoms with van der Waals surface area (Å²) in [6.07, 6.45) is 5.65. The molecule has 2 heterocycles. The number of hydrogen-bond donors (Lipinski definition) is 0. The number of ether oxygens (including phenoxy) is 3. The molecular formula is C17H20O5. The molecule has 2 rings (SSSR count). The smallest absolute Gasteiger partial charge is 0.350 e. The molecule has 0 spiro atoms. The maximum Gasteiger partial charge on any atom is 0.350 e. The average Bonchev–Trinajstić information content (AvgIpc) is 2.93. The van der Waals surface area contributed by atoms with Gasteiger partial charge in [-0.15, -0.1) is 0 Å². The summed E-state index contributed by atoms with van der Waals surface area (Å²) in [7, 11) is 0. The van der Waals surface area contributed by atoms with E-state index in [0.717, 1.165) is 0 Å². The molecule has 2 fully saturated rings. The molecule has 0 aromatic heterocycles. The predicted molar refractivity (Wildman–Crippen MR) is 80.9 cm³/mol. The van der Waals surface area contributed by atoms with Crippen LogP contribution in [0.15, 0.2) is 49.1 Å². The predicted octanol–water partition coefficient (Wildman–Crippen LogP) is 2.10. The van der Waals surface area contributed by atoms with E-state index >= 15 is 0 Å². The van der Waals surface area contributed by atoms with E-state index in [4.69, 9.17) is 14.2 Å². The van der Waals surface area contributed by atoms with Crippen molar-refractivity contribution in [2.45, 2.75) is 38.3 Å². The van der Waals surface area contributed by atoms with Crippen molar-refractivity contribution in [2.24, 2.45) is 5.92 Å². The normalized spacial score (nSPS) is 34.4. The van der Waals surface area contributed by atoms with Gasteiger partial charge in [0.2, 0.25) is 6.10 Å². The fourth-order valence-corrected chi connectivity index (χ4v) is 2.56. The van der Waals surface area contributed by atoms with Crippen LogP contribution in [0.1, 0.15) is 13.8 Å². The quantitative estimate of drug-likeness (QED) is 0.442. The van der Waals surface area contributed by atoms with Gasteiger partial charge in [0, 0.05) is 5.92 Å². The van der Waals surface area contributed by atoms with Crippen molar-refractivity contribution in [2.75, 3.05) is 0 Å². The van der Waals surface area contributed by atoms with Gasteiger partial charge < -0.3 is 14.2 Å². The number of esters is 2. The van der Waals surface area contributed by atoms with Crippen molar-refractivity contribution < 1.29 is 23.8 Å². The lowest BCUT2D eigenvalue weighted by molar-refractivity contribution is -0.163. The minimum Gasteiger partial charge on any atom is -0.456 e. The Hall–Kier alpha value is -2.14. The lowest BCUT2D eigenvalue weighted by Gasteiger charge is -2.16. The molecule has 5 atom stereocenters. The van der Waals surface area contributed by atoms with Gasteiger partial charge in [-0.1, -0.05) is 38.3 Å². The van der Waals surface area contributed by atoms with Crippen LogP contribution in [0.3, 0.4) is 0 Å². The molecule has 0 aromatic rings. The van der Waals surface area contributed by atoms with Gasteiger partial charge in [-0.3, -0.25) is 0 Å². The lowest BCUT2D eigenvalue weighted by atomic mass is 9.99. The molecule has 2 saturated heterocycles. The first-order valence-corrected chi connectivity index (χ1v) is 7.18. The van der Waals surface area contributed by atoms with Gasteiger partial charge in [-0.05, 0) is 19.1 Å². The molecule has 0 amide bonds. The van der Waals surface area contributed by atoms with Crippen molar-refractivity contribution >= 4 is 11.9 Å². The van der Waals surface area contributed by atoms with Crippen LogP contribution in [0.4, 0.5) is 0 Å². The zero-order chi connectivity index (χ0) is 16.3. The Morgan fingerprint density at radius 1 is 1.23 bits per heavy atom. The van der Waals surface area contributed by atoms with Crippen LogP contribution >= 0.6 is 0 Å². The Bertz CT molecular complexity index is 545. The van der Waals surface area contributed by atoms with Gasteiger partial charge in [-0.25, -0.2) is 9.59 Å². The van der Waals surface area contributed by atoms with E-state index in [1.54, 1.807) is 6.08 Å². The Morgan fingerprint density at radius 2 is 1.95 bits per heavy atom. The second kappa shape index (κ2) is 6.75. The Labute approximate surface area is 129 Å². The molecular weight excluding hydrogens is 284 g/mol. The Morgan fingerprint density at radius 3 is 2.59 bits per heavy atom. The van der Waals surface area contributed by atoms with Gasteiger partial charge in [0.05, 0.1) is 11.7 Å². The minimum atomic E-state index is -1.03. The van der Waals surface area contributed by atoms with E-state index < -0.39 is 24.1 Å². The highest BCUT2D eigenvalue weighted by Gasteiger charge is 2.56. The lowest BCUT2D eigenvalue weighted by Crippen LogP contribution is -2.35. The highest BCUT2D eigenvalue weighted by molar-refractivity contribution is 5.94. The second-order valence-electron chi connectivity index (χ2n) is 5.34. The highest BCUT2D eigenvalue weighted by Crippen LogP contribution is 2.37. The van der Waals surface area contributed by atoms with Crippen LogP contribution < -0.4 is 0 Å². The standard InChI is InChI=1S/C17H20O5/c1-5-7-9-12(8-6-2)16(18)22-15-14-13(21-17(15)19)10(3)11(4)20-14/h5-11,13-15H,1-2H2,3-4H3/b9-7-,12-8+/t10?,11?,13-,14+,15?/m1/s1. The molecule has 0 aliphatic carbocycles. The first-order valence-electron chi connectivity index (χ1n) is 7.18. The number of rotatable bonds is 5. The van der Waals surface area contributed by atoms with E-state index in [-0.39, 0.29) is 23.7 Å². The van der Waals surface area contributed by atoms with Crippen molar-refractivity contribution in [3.8, 4) is 0 Å². The summed E-state index contributed by atoms with van der Waals surface area (Å²) >= 11 is 0. The zero-order valence-electron chi connectivity index (χ0n) is 12.7. The summed E-state index contributed by atoms with van der Waals surface area (Å²) in [6.45, 7) is 10.9. The molecule has 0 N–H and O–H groups in total. The van der Waals surface area contributed by atoms with Crippen LogP contribution in [0.5, 0.6) is 0 Å². The summed E-state index contributed by atoms with van der Waals surface area (Å²) in [4.78, 5) is 24.1. The van der Waals surface area contributed by atoms with E-state index in [2.05, 4.69) is 13.2 Å². The molecule has 3 unspecified atom stereocenters. The summed E-state index contributed by atoms with van der Waals surface area (Å²) in [6, 6.07) is 0. The number of allylic oxidation sites excluding steroid dienone is 4. The van der Waals surface area contributed by atoms with Crippen LogP contribution in [0.25, 0.3) is 0 Å². The first-order chi connectivity index (χ1) is 10.5. The highest BCUT2D eigenvalue weighted by atomic mass is 16.7. The number of fused-ring (bicyclic) bond motifs is 1. The Kier molecular flexibility index (Phi) is 4.98. The summed E-state index contributed by atoms with van der Waals surface area (Å²) < 4.78 is 16.3. The molecule has 0 saturated carbocycles. The van der Waals surface area contributed by atoms with E-state index in [1.165, 1.54) is 24.3 Å². The molecule has 2 aliphatic heterocycles. The molecule has 2 aliphatic rings. The van der Waals surface area contributed by atoms with Crippen LogP contribution in [-0.4, -0.2) is 36.4 Å². The molecule has 118 valence electrons. The van der Waals surface area contributed by atoms with Crippen molar-refractivity contribution in [3.05, 3.63) is 49.1 Å². The van der Waals surface area contributed by atoms with Crippen molar-refractivity contribution in [1.82, 2.24) is 0 Å². The van der Waals surface area contributed by atoms with E-state index in [9.17, 15) is 9.59 Å². The molecule has 5 nitrogen and oxygen atoms in total. The van der Waals surface area contributed by atoms with E-state index in [0.29, 0.717) is 0 Å². The fourth-order valence-electron chi connectivity index (χ4n) is 2.56. The third-order valence-electron chi connectivity index (χ3n) is 3.92. The van der Waals surface area contributed by atoms with Crippen molar-refractivity contribution in [3.63, 3.8) is 0 Å². The summed E-state index contributed by atoms with van der Waals surface area (Å²) in [5.41, 5.74) is 0.269. The first kappa shape index (κ1) is 16.2. The van der Waals surface area contributed by atoms with Gasteiger partial charge >= 0.3 is 11.9 Å². The second-order valence-corrected chi connectivity index (χ2v) is 5.34. The molecule has 22 heavy (non-hydrogen) atoms. The SMILES string of the molecule is C=C/C=C\C(=C/C=C)C(=O)OC1C(=O)O[C@@H]2C(C)C(C)O[C@H]12. The molecule has 5 heteroatoms. The maximum atomic E-state index is 12.2. The molecule has 0 aromatic carbocycles. The fraction of sp³-hybridized carbons (Fsp3) is 0.412. The maximum absolute atomic E-state index is 12.2. The third-order valence-corrected chi connectivity index (χ3v) is 3.92. The monoisotopic (exact) mass is 304 g/mol. The zero-order valence-corrected chi connectivity index (χ0v) is 12.7. The summed E-state index contributed by atoms with van der Waals surface area (Å²) in [5.74, 6) is -1.12. The Balaban J connectivity index is 2.12. The average molecular weight is 304 g/mol.